The summed E-state index contributed by atoms with van der Waals surface area (Å²) in [5.74, 6) is 0.441. The highest BCUT2D eigenvalue weighted by atomic mass is 16.3. The van der Waals surface area contributed by atoms with Crippen LogP contribution < -0.4 is 0 Å². The molecule has 2 heteroatoms. The van der Waals surface area contributed by atoms with Crippen molar-refractivity contribution in [3.63, 3.8) is 0 Å². The van der Waals surface area contributed by atoms with E-state index < -0.39 is 0 Å². The van der Waals surface area contributed by atoms with Gasteiger partial charge in [0.25, 0.3) is 0 Å². The fraction of sp³-hybridized carbons (Fsp3) is 0.538. The van der Waals surface area contributed by atoms with E-state index in [0.717, 1.165) is 12.0 Å². The van der Waals surface area contributed by atoms with Crippen LogP contribution in [0.25, 0.3) is 0 Å². The minimum absolute atomic E-state index is 0.441. The molecule has 1 heterocycles. The molecule has 0 saturated carbocycles. The molecule has 1 unspecified atom stereocenters. The third-order valence-corrected chi connectivity index (χ3v) is 3.37. The number of hydrogen-bond donors (Lipinski definition) is 1. The summed E-state index contributed by atoms with van der Waals surface area (Å²) in [5.41, 5.74) is 1.08. The largest absolute Gasteiger partial charge is 0.508 e. The zero-order valence-corrected chi connectivity index (χ0v) is 9.32. The monoisotopic (exact) mass is 205 g/mol. The molecule has 0 bridgehead atoms. The van der Waals surface area contributed by atoms with Gasteiger partial charge in [-0.3, -0.25) is 0 Å². The van der Waals surface area contributed by atoms with Crippen molar-refractivity contribution in [3.05, 3.63) is 29.8 Å². The van der Waals surface area contributed by atoms with Gasteiger partial charge < -0.3 is 10.0 Å². The van der Waals surface area contributed by atoms with Gasteiger partial charge in [0.2, 0.25) is 0 Å². The summed E-state index contributed by atoms with van der Waals surface area (Å²) in [5, 5.41) is 9.71. The quantitative estimate of drug-likeness (QED) is 0.801. The highest BCUT2D eigenvalue weighted by molar-refractivity contribution is 5.32. The Labute approximate surface area is 91.5 Å². The molecular weight excluding hydrogens is 186 g/mol. The Kier molecular flexibility index (Phi) is 3.27. The van der Waals surface area contributed by atoms with Crippen LogP contribution in [-0.4, -0.2) is 29.6 Å². The standard InChI is InChI=1S/C13H19NO/c1-14-9-5-4-7-12(14)10-11-6-2-3-8-13(11)15/h2-3,6,8,12,15H,4-5,7,9-10H2,1H3. The Hall–Kier alpha value is -1.02. The Balaban J connectivity index is 2.04. The van der Waals surface area contributed by atoms with Crippen LogP contribution in [0, 0.1) is 0 Å². The van der Waals surface area contributed by atoms with E-state index in [4.69, 9.17) is 0 Å². The van der Waals surface area contributed by atoms with Crippen LogP contribution in [-0.2, 0) is 6.42 Å². The first kappa shape index (κ1) is 10.5. The molecule has 15 heavy (non-hydrogen) atoms. The zero-order chi connectivity index (χ0) is 10.7. The lowest BCUT2D eigenvalue weighted by atomic mass is 9.96. The molecular formula is C13H19NO. The van der Waals surface area contributed by atoms with Crippen molar-refractivity contribution in [2.75, 3.05) is 13.6 Å². The van der Waals surface area contributed by atoms with E-state index in [1.165, 1.54) is 25.8 Å². The second-order valence-corrected chi connectivity index (χ2v) is 4.46. The summed E-state index contributed by atoms with van der Waals surface area (Å²) in [6, 6.07) is 8.28. The van der Waals surface area contributed by atoms with E-state index >= 15 is 0 Å². The van der Waals surface area contributed by atoms with Crippen molar-refractivity contribution in [1.29, 1.82) is 0 Å². The van der Waals surface area contributed by atoms with Gasteiger partial charge in [-0.05, 0) is 44.5 Å². The average molecular weight is 205 g/mol. The summed E-state index contributed by atoms with van der Waals surface area (Å²) in [7, 11) is 2.18. The predicted molar refractivity (Wildman–Crippen MR) is 62.1 cm³/mol. The first-order valence-electron chi connectivity index (χ1n) is 5.74. The lowest BCUT2D eigenvalue weighted by Gasteiger charge is -2.32. The second-order valence-electron chi connectivity index (χ2n) is 4.46. The number of aromatic hydroxyl groups is 1. The molecule has 2 rings (SSSR count). The van der Waals surface area contributed by atoms with Gasteiger partial charge in [-0.2, -0.15) is 0 Å². The molecule has 1 aromatic carbocycles. The molecule has 0 spiro atoms. The predicted octanol–water partition coefficient (Wildman–Crippen LogP) is 2.42. The van der Waals surface area contributed by atoms with Crippen molar-refractivity contribution in [2.45, 2.75) is 31.7 Å². The number of likely N-dealkylation sites (N-methyl/N-ethyl adjacent to an activating group) is 1. The topological polar surface area (TPSA) is 23.5 Å². The van der Waals surface area contributed by atoms with E-state index in [9.17, 15) is 5.11 Å². The Morgan fingerprint density at radius 1 is 1.33 bits per heavy atom. The fourth-order valence-corrected chi connectivity index (χ4v) is 2.34. The van der Waals surface area contributed by atoms with E-state index in [-0.39, 0.29) is 0 Å². The molecule has 1 fully saturated rings. The van der Waals surface area contributed by atoms with E-state index in [0.29, 0.717) is 11.8 Å². The van der Waals surface area contributed by atoms with Gasteiger partial charge in [0.1, 0.15) is 5.75 Å². The van der Waals surface area contributed by atoms with Crippen molar-refractivity contribution in [2.24, 2.45) is 0 Å². The molecule has 1 aliphatic heterocycles. The van der Waals surface area contributed by atoms with Gasteiger partial charge in [0.05, 0.1) is 0 Å². The smallest absolute Gasteiger partial charge is 0.118 e. The molecule has 1 N–H and O–H groups in total. The number of likely N-dealkylation sites (tertiary alicyclic amines) is 1. The van der Waals surface area contributed by atoms with Crippen molar-refractivity contribution in [3.8, 4) is 5.75 Å². The maximum Gasteiger partial charge on any atom is 0.118 e. The van der Waals surface area contributed by atoms with Crippen molar-refractivity contribution in [1.82, 2.24) is 4.90 Å². The van der Waals surface area contributed by atoms with Gasteiger partial charge in [-0.25, -0.2) is 0 Å². The number of rotatable bonds is 2. The zero-order valence-electron chi connectivity index (χ0n) is 9.32. The van der Waals surface area contributed by atoms with Crippen molar-refractivity contribution >= 4 is 0 Å². The Morgan fingerprint density at radius 2 is 2.13 bits per heavy atom. The highest BCUT2D eigenvalue weighted by Crippen LogP contribution is 2.23. The third kappa shape index (κ3) is 2.51. The number of piperidine rings is 1. The number of nitrogens with zero attached hydrogens (tertiary/aromatic N) is 1. The minimum Gasteiger partial charge on any atom is -0.508 e. The van der Waals surface area contributed by atoms with Gasteiger partial charge in [0, 0.05) is 6.04 Å². The molecule has 82 valence electrons. The normalized spacial score (nSPS) is 22.9. The number of para-hydroxylation sites is 1. The molecule has 0 amide bonds. The SMILES string of the molecule is CN1CCCCC1Cc1ccccc1O. The summed E-state index contributed by atoms with van der Waals surface area (Å²) < 4.78 is 0. The summed E-state index contributed by atoms with van der Waals surface area (Å²) in [6.45, 7) is 1.19. The molecule has 0 aromatic heterocycles. The average Bonchev–Trinajstić information content (AvgIpc) is 2.24. The lowest BCUT2D eigenvalue weighted by Crippen LogP contribution is -2.37. The number of benzene rings is 1. The fourth-order valence-electron chi connectivity index (χ4n) is 2.34. The minimum atomic E-state index is 0.441. The number of hydrogen-bond acceptors (Lipinski definition) is 2. The van der Waals surface area contributed by atoms with E-state index in [1.54, 1.807) is 6.07 Å². The molecule has 0 radical (unpaired) electrons. The summed E-state index contributed by atoms with van der Waals surface area (Å²) >= 11 is 0. The molecule has 1 aromatic rings. The molecule has 1 aliphatic rings. The van der Waals surface area contributed by atoms with Gasteiger partial charge >= 0.3 is 0 Å². The number of phenols is 1. The van der Waals surface area contributed by atoms with Crippen LogP contribution in [0.4, 0.5) is 0 Å². The van der Waals surface area contributed by atoms with Crippen LogP contribution >= 0.6 is 0 Å². The number of phenolic OH excluding ortho intramolecular Hbond substituents is 1. The van der Waals surface area contributed by atoms with Gasteiger partial charge in [0.15, 0.2) is 0 Å². The molecule has 0 aliphatic carbocycles. The van der Waals surface area contributed by atoms with Crippen LogP contribution in [0.3, 0.4) is 0 Å². The first-order valence-corrected chi connectivity index (χ1v) is 5.74. The highest BCUT2D eigenvalue weighted by Gasteiger charge is 2.19. The van der Waals surface area contributed by atoms with Gasteiger partial charge in [-0.1, -0.05) is 24.6 Å². The first-order chi connectivity index (χ1) is 7.27. The maximum atomic E-state index is 9.71. The van der Waals surface area contributed by atoms with E-state index in [2.05, 4.69) is 11.9 Å². The summed E-state index contributed by atoms with van der Waals surface area (Å²) in [6.07, 6.45) is 4.87. The molecule has 1 saturated heterocycles. The second kappa shape index (κ2) is 4.67. The lowest BCUT2D eigenvalue weighted by molar-refractivity contribution is 0.184. The van der Waals surface area contributed by atoms with Crippen LogP contribution in [0.1, 0.15) is 24.8 Å². The van der Waals surface area contributed by atoms with E-state index in [1.807, 2.05) is 18.2 Å². The molecule has 1 atom stereocenters. The van der Waals surface area contributed by atoms with Crippen LogP contribution in [0.5, 0.6) is 5.75 Å². The maximum absolute atomic E-state index is 9.71. The molecule has 2 nitrogen and oxygen atoms in total. The van der Waals surface area contributed by atoms with Crippen LogP contribution in [0.2, 0.25) is 0 Å². The Morgan fingerprint density at radius 3 is 2.87 bits per heavy atom. The van der Waals surface area contributed by atoms with Crippen molar-refractivity contribution < 1.29 is 5.11 Å². The summed E-state index contributed by atoms with van der Waals surface area (Å²) in [4.78, 5) is 2.41. The Bertz CT molecular complexity index is 324. The third-order valence-electron chi connectivity index (χ3n) is 3.37. The van der Waals surface area contributed by atoms with Gasteiger partial charge in [-0.15, -0.1) is 0 Å². The van der Waals surface area contributed by atoms with Crippen LogP contribution in [0.15, 0.2) is 24.3 Å².